The Balaban J connectivity index is 3.35. The van der Waals surface area contributed by atoms with E-state index < -0.39 is 33.8 Å². The molecular weight excluding hydrogens is 212 g/mol. The molecule has 0 saturated heterocycles. The molecule has 5 nitrogen and oxygen atoms in total. The van der Waals surface area contributed by atoms with Crippen LogP contribution in [0.15, 0.2) is 12.1 Å². The molecule has 0 unspecified atom stereocenters. The molecule has 80 valence electrons. The Kier molecular flexibility index (Phi) is 2.93. The third-order valence-corrected chi connectivity index (χ3v) is 1.63. The number of carbonyl (C=O) groups is 1. The fourth-order valence-electron chi connectivity index (χ4n) is 0.943. The minimum atomic E-state index is -1.60. The Labute approximate surface area is 82.4 Å². The SMILES string of the molecule is COC(=O)c1cc(F)c(F)c([N+](=O)[O-])c1. The molecule has 0 radical (unpaired) electrons. The van der Waals surface area contributed by atoms with Crippen LogP contribution in [0.4, 0.5) is 14.5 Å². The van der Waals surface area contributed by atoms with Crippen molar-refractivity contribution >= 4 is 11.7 Å². The number of rotatable bonds is 2. The van der Waals surface area contributed by atoms with Gasteiger partial charge in [0.15, 0.2) is 5.82 Å². The molecular formula is C8H5F2NO4. The monoisotopic (exact) mass is 217 g/mol. The Morgan fingerprint density at radius 3 is 2.53 bits per heavy atom. The molecule has 0 heterocycles. The molecule has 0 aromatic heterocycles. The molecule has 0 aliphatic rings. The highest BCUT2D eigenvalue weighted by Gasteiger charge is 2.22. The molecule has 7 heteroatoms. The summed E-state index contributed by atoms with van der Waals surface area (Å²) in [5.41, 5.74) is -1.52. The van der Waals surface area contributed by atoms with E-state index in [2.05, 4.69) is 4.74 Å². The highest BCUT2D eigenvalue weighted by atomic mass is 19.2. The maximum Gasteiger partial charge on any atom is 0.338 e. The van der Waals surface area contributed by atoms with Crippen LogP contribution in [0.3, 0.4) is 0 Å². The average molecular weight is 217 g/mol. The number of nitrogens with zero attached hydrogens (tertiary/aromatic N) is 1. The minimum Gasteiger partial charge on any atom is -0.465 e. The number of methoxy groups -OCH3 is 1. The second kappa shape index (κ2) is 3.99. The Morgan fingerprint density at radius 2 is 2.07 bits per heavy atom. The van der Waals surface area contributed by atoms with Crippen molar-refractivity contribution in [3.05, 3.63) is 39.4 Å². The van der Waals surface area contributed by atoms with Gasteiger partial charge in [-0.25, -0.2) is 9.18 Å². The number of benzene rings is 1. The van der Waals surface area contributed by atoms with Gasteiger partial charge in [0.05, 0.1) is 17.6 Å². The van der Waals surface area contributed by atoms with Gasteiger partial charge < -0.3 is 4.74 Å². The van der Waals surface area contributed by atoms with Crippen LogP contribution in [0.5, 0.6) is 0 Å². The summed E-state index contributed by atoms with van der Waals surface area (Å²) in [4.78, 5) is 20.1. The highest BCUT2D eigenvalue weighted by molar-refractivity contribution is 5.90. The first kappa shape index (κ1) is 11.0. The number of halogens is 2. The Bertz CT molecular complexity index is 433. The first-order valence-corrected chi connectivity index (χ1v) is 3.69. The van der Waals surface area contributed by atoms with Crippen LogP contribution < -0.4 is 0 Å². The summed E-state index contributed by atoms with van der Waals surface area (Å²) >= 11 is 0. The first-order chi connectivity index (χ1) is 6.97. The Morgan fingerprint density at radius 1 is 1.47 bits per heavy atom. The maximum atomic E-state index is 12.8. The predicted molar refractivity (Wildman–Crippen MR) is 44.4 cm³/mol. The molecule has 1 aromatic rings. The molecule has 0 bridgehead atoms. The van der Waals surface area contributed by atoms with Crippen LogP contribution in [-0.4, -0.2) is 18.0 Å². The zero-order valence-electron chi connectivity index (χ0n) is 7.49. The molecule has 0 fully saturated rings. The van der Waals surface area contributed by atoms with E-state index in [4.69, 9.17) is 0 Å². The summed E-state index contributed by atoms with van der Waals surface area (Å²) < 4.78 is 29.9. The lowest BCUT2D eigenvalue weighted by molar-refractivity contribution is -0.387. The van der Waals surface area contributed by atoms with Gasteiger partial charge in [0.1, 0.15) is 0 Å². The summed E-state index contributed by atoms with van der Waals surface area (Å²) in [5.74, 6) is -4.05. The van der Waals surface area contributed by atoms with Crippen molar-refractivity contribution in [2.45, 2.75) is 0 Å². The summed E-state index contributed by atoms with van der Waals surface area (Å²) in [7, 11) is 1.02. The second-order valence-corrected chi connectivity index (χ2v) is 2.54. The van der Waals surface area contributed by atoms with Gasteiger partial charge >= 0.3 is 11.7 Å². The van der Waals surface area contributed by atoms with Crippen molar-refractivity contribution in [2.24, 2.45) is 0 Å². The smallest absolute Gasteiger partial charge is 0.338 e. The molecule has 1 rings (SSSR count). The van der Waals surface area contributed by atoms with Crippen LogP contribution in [0.2, 0.25) is 0 Å². The second-order valence-electron chi connectivity index (χ2n) is 2.54. The van der Waals surface area contributed by atoms with E-state index in [1.54, 1.807) is 0 Å². The molecule has 0 atom stereocenters. The van der Waals surface area contributed by atoms with Crippen LogP contribution in [0, 0.1) is 21.7 Å². The van der Waals surface area contributed by atoms with E-state index in [1.165, 1.54) is 0 Å². The maximum absolute atomic E-state index is 12.8. The van der Waals surface area contributed by atoms with Crippen molar-refractivity contribution in [3.8, 4) is 0 Å². The number of hydrogen-bond donors (Lipinski definition) is 0. The fourth-order valence-corrected chi connectivity index (χ4v) is 0.943. The third kappa shape index (κ3) is 2.06. The minimum absolute atomic E-state index is 0.414. The van der Waals surface area contributed by atoms with Crippen molar-refractivity contribution in [1.29, 1.82) is 0 Å². The van der Waals surface area contributed by atoms with Gasteiger partial charge in [0.2, 0.25) is 5.82 Å². The lowest BCUT2D eigenvalue weighted by Gasteiger charge is -2.00. The van der Waals surface area contributed by atoms with E-state index in [9.17, 15) is 23.7 Å². The quantitative estimate of drug-likeness (QED) is 0.429. The number of nitro groups is 1. The van der Waals surface area contributed by atoms with E-state index in [0.717, 1.165) is 7.11 Å². The molecule has 0 N–H and O–H groups in total. The lowest BCUT2D eigenvalue weighted by Crippen LogP contribution is -2.05. The zero-order valence-corrected chi connectivity index (χ0v) is 7.49. The van der Waals surface area contributed by atoms with Crippen LogP contribution in [0.1, 0.15) is 10.4 Å². The van der Waals surface area contributed by atoms with E-state index in [1.807, 2.05) is 0 Å². The van der Waals surface area contributed by atoms with Gasteiger partial charge in [-0.05, 0) is 6.07 Å². The summed E-state index contributed by atoms with van der Waals surface area (Å²) in [6.07, 6.45) is 0. The Hall–Kier alpha value is -2.05. The van der Waals surface area contributed by atoms with Gasteiger partial charge in [0.25, 0.3) is 0 Å². The highest BCUT2D eigenvalue weighted by Crippen LogP contribution is 2.22. The van der Waals surface area contributed by atoms with Crippen molar-refractivity contribution in [2.75, 3.05) is 7.11 Å². The van der Waals surface area contributed by atoms with Crippen molar-refractivity contribution in [3.63, 3.8) is 0 Å². The van der Waals surface area contributed by atoms with E-state index >= 15 is 0 Å². The molecule has 0 aliphatic heterocycles. The molecule has 0 spiro atoms. The standard InChI is InChI=1S/C8H5F2NO4/c1-15-8(12)4-2-5(9)7(10)6(3-4)11(13)14/h2-3H,1H3. The van der Waals surface area contributed by atoms with Crippen molar-refractivity contribution in [1.82, 2.24) is 0 Å². The van der Waals surface area contributed by atoms with Crippen molar-refractivity contribution < 1.29 is 23.2 Å². The van der Waals surface area contributed by atoms with Crippen LogP contribution >= 0.6 is 0 Å². The number of nitro benzene ring substituents is 1. The average Bonchev–Trinajstić information content (AvgIpc) is 2.20. The fraction of sp³-hybridized carbons (Fsp3) is 0.125. The van der Waals surface area contributed by atoms with E-state index in [0.29, 0.717) is 12.1 Å². The normalized spacial score (nSPS) is 9.80. The van der Waals surface area contributed by atoms with Gasteiger partial charge in [-0.2, -0.15) is 4.39 Å². The largest absolute Gasteiger partial charge is 0.465 e. The molecule has 0 amide bonds. The summed E-state index contributed by atoms with van der Waals surface area (Å²) in [6.45, 7) is 0. The number of hydrogen-bond acceptors (Lipinski definition) is 4. The number of esters is 1. The van der Waals surface area contributed by atoms with Crippen LogP contribution in [0.25, 0.3) is 0 Å². The lowest BCUT2D eigenvalue weighted by atomic mass is 10.2. The third-order valence-electron chi connectivity index (χ3n) is 1.63. The molecule has 0 saturated carbocycles. The zero-order chi connectivity index (χ0) is 11.6. The molecule has 0 aliphatic carbocycles. The number of ether oxygens (including phenoxy) is 1. The van der Waals surface area contributed by atoms with Gasteiger partial charge in [-0.15, -0.1) is 0 Å². The summed E-state index contributed by atoms with van der Waals surface area (Å²) in [6, 6.07) is 1.15. The molecule has 15 heavy (non-hydrogen) atoms. The van der Waals surface area contributed by atoms with E-state index in [-0.39, 0.29) is 0 Å². The van der Waals surface area contributed by atoms with Gasteiger partial charge in [0, 0.05) is 6.07 Å². The predicted octanol–water partition coefficient (Wildman–Crippen LogP) is 1.66. The van der Waals surface area contributed by atoms with Gasteiger partial charge in [-0.1, -0.05) is 0 Å². The topological polar surface area (TPSA) is 69.4 Å². The number of carbonyl (C=O) groups excluding carboxylic acids is 1. The first-order valence-electron chi connectivity index (χ1n) is 3.69. The van der Waals surface area contributed by atoms with Crippen LogP contribution in [-0.2, 0) is 4.74 Å². The molecule has 1 aromatic carbocycles. The summed E-state index contributed by atoms with van der Waals surface area (Å²) in [5, 5.41) is 10.3. The van der Waals surface area contributed by atoms with Gasteiger partial charge in [-0.3, -0.25) is 10.1 Å².